The Morgan fingerprint density at radius 2 is 2.09 bits per heavy atom. The molecule has 0 amide bonds. The van der Waals surface area contributed by atoms with Crippen LogP contribution in [-0.4, -0.2) is 22.2 Å². The third kappa shape index (κ3) is 5.87. The van der Waals surface area contributed by atoms with E-state index in [0.29, 0.717) is 17.3 Å². The first-order chi connectivity index (χ1) is 11.2. The van der Waals surface area contributed by atoms with E-state index in [2.05, 4.69) is 20.7 Å². The zero-order valence-corrected chi connectivity index (χ0v) is 14.0. The monoisotopic (exact) mass is 349 g/mol. The molecule has 2 rings (SSSR count). The van der Waals surface area contributed by atoms with Gasteiger partial charge in [0.2, 0.25) is 0 Å². The van der Waals surface area contributed by atoms with Gasteiger partial charge in [-0.25, -0.2) is 4.98 Å². The smallest absolute Gasteiger partial charge is 0.260 e. The average molecular weight is 349 g/mol. The van der Waals surface area contributed by atoms with Crippen molar-refractivity contribution < 1.29 is 4.92 Å². The highest BCUT2D eigenvalue weighted by atomic mass is 33.1. The third-order valence-corrected chi connectivity index (χ3v) is 4.93. The molecule has 7 nitrogen and oxygen atoms in total. The van der Waals surface area contributed by atoms with E-state index in [1.54, 1.807) is 12.3 Å². The maximum atomic E-state index is 10.9. The lowest BCUT2D eigenvalue weighted by molar-refractivity contribution is -0.388. The average Bonchev–Trinajstić information content (AvgIpc) is 2.56. The quantitative estimate of drug-likeness (QED) is 0.248. The van der Waals surface area contributed by atoms with E-state index in [4.69, 9.17) is 0 Å². The summed E-state index contributed by atoms with van der Waals surface area (Å²) in [6, 6.07) is 10.8. The van der Waals surface area contributed by atoms with Gasteiger partial charge in [-0.2, -0.15) is 5.11 Å². The number of anilines is 1. The van der Waals surface area contributed by atoms with Gasteiger partial charge >= 0.3 is 5.69 Å². The molecule has 9 heteroatoms. The van der Waals surface area contributed by atoms with Crippen LogP contribution in [0.5, 0.6) is 0 Å². The maximum Gasteiger partial charge on any atom is 0.302 e. The van der Waals surface area contributed by atoms with Gasteiger partial charge in [0.1, 0.15) is 0 Å². The standard InChI is InChI=1S/C14H15N5O2S2/c1-11-4-6-12(7-5-11)17-18-16-9-10-22-23-14-13(19(20)21)3-2-8-15-14/h2-8H,9-10H2,1H3,(H,16,17). The third-order valence-electron chi connectivity index (χ3n) is 2.66. The molecule has 0 bridgehead atoms. The van der Waals surface area contributed by atoms with Crippen LogP contribution in [0, 0.1) is 17.0 Å². The number of pyridine rings is 1. The minimum atomic E-state index is -0.429. The van der Waals surface area contributed by atoms with Crippen molar-refractivity contribution in [3.05, 3.63) is 58.3 Å². The molecule has 0 unspecified atom stereocenters. The number of benzene rings is 1. The molecule has 0 saturated carbocycles. The van der Waals surface area contributed by atoms with Crippen LogP contribution in [0.4, 0.5) is 11.4 Å². The number of nitrogens with one attached hydrogen (secondary N) is 1. The zero-order valence-electron chi connectivity index (χ0n) is 12.4. The van der Waals surface area contributed by atoms with Crippen LogP contribution < -0.4 is 5.43 Å². The molecule has 0 atom stereocenters. The maximum absolute atomic E-state index is 10.9. The molecule has 0 saturated heterocycles. The highest BCUT2D eigenvalue weighted by Crippen LogP contribution is 2.34. The molecule has 0 aliphatic rings. The summed E-state index contributed by atoms with van der Waals surface area (Å²) in [6.45, 7) is 2.53. The molecule has 1 aromatic heterocycles. The summed E-state index contributed by atoms with van der Waals surface area (Å²) in [5.41, 5.74) is 4.93. The molecule has 1 heterocycles. The van der Waals surface area contributed by atoms with Crippen molar-refractivity contribution in [1.82, 2.24) is 4.98 Å². The lowest BCUT2D eigenvalue weighted by Gasteiger charge is -2.00. The second kappa shape index (κ2) is 9.11. The SMILES string of the molecule is Cc1ccc(NN=NCCSSc2ncccc2[N+](=O)[O-])cc1. The first-order valence-electron chi connectivity index (χ1n) is 6.75. The summed E-state index contributed by atoms with van der Waals surface area (Å²) in [7, 11) is 2.73. The molecule has 1 aromatic carbocycles. The Bertz CT molecular complexity index is 679. The van der Waals surface area contributed by atoms with Gasteiger partial charge < -0.3 is 0 Å². The Kier molecular flexibility index (Phi) is 6.82. The van der Waals surface area contributed by atoms with Gasteiger partial charge in [-0.15, -0.1) is 0 Å². The summed E-state index contributed by atoms with van der Waals surface area (Å²) < 4.78 is 0. The predicted molar refractivity (Wildman–Crippen MR) is 93.7 cm³/mol. The van der Waals surface area contributed by atoms with Gasteiger partial charge in [-0.05, 0) is 35.9 Å². The highest BCUT2D eigenvalue weighted by molar-refractivity contribution is 8.76. The summed E-state index contributed by atoms with van der Waals surface area (Å²) >= 11 is 0. The molecule has 0 fully saturated rings. The predicted octanol–water partition coefficient (Wildman–Crippen LogP) is 4.52. The van der Waals surface area contributed by atoms with Crippen molar-refractivity contribution in [3.8, 4) is 0 Å². The van der Waals surface area contributed by atoms with Crippen molar-refractivity contribution in [2.24, 2.45) is 10.3 Å². The molecule has 120 valence electrons. The summed E-state index contributed by atoms with van der Waals surface area (Å²) in [5, 5.41) is 19.1. The Labute approximate surface area is 141 Å². The molecule has 23 heavy (non-hydrogen) atoms. The number of aryl methyl sites for hydroxylation is 1. The second-order valence-corrected chi connectivity index (χ2v) is 6.84. The molecule has 0 radical (unpaired) electrons. The number of nitro groups is 1. The van der Waals surface area contributed by atoms with E-state index in [-0.39, 0.29) is 5.69 Å². The molecule has 2 aromatic rings. The van der Waals surface area contributed by atoms with E-state index in [1.807, 2.05) is 31.2 Å². The van der Waals surface area contributed by atoms with Crippen LogP contribution in [0.3, 0.4) is 0 Å². The molecular weight excluding hydrogens is 334 g/mol. The Morgan fingerprint density at radius 1 is 1.30 bits per heavy atom. The van der Waals surface area contributed by atoms with Gasteiger partial charge in [-0.1, -0.05) is 33.7 Å². The topological polar surface area (TPSA) is 92.8 Å². The van der Waals surface area contributed by atoms with Crippen LogP contribution in [0.2, 0.25) is 0 Å². The van der Waals surface area contributed by atoms with E-state index < -0.39 is 4.92 Å². The second-order valence-electron chi connectivity index (χ2n) is 4.43. The zero-order chi connectivity index (χ0) is 16.5. The molecule has 0 spiro atoms. The van der Waals surface area contributed by atoms with E-state index in [0.717, 1.165) is 5.69 Å². The van der Waals surface area contributed by atoms with Crippen LogP contribution in [0.15, 0.2) is 58.0 Å². The Morgan fingerprint density at radius 3 is 2.83 bits per heavy atom. The van der Waals surface area contributed by atoms with Crippen molar-refractivity contribution >= 4 is 33.0 Å². The van der Waals surface area contributed by atoms with Crippen LogP contribution in [0.1, 0.15) is 5.56 Å². The fourth-order valence-corrected chi connectivity index (χ4v) is 3.41. The van der Waals surface area contributed by atoms with Crippen molar-refractivity contribution in [2.75, 3.05) is 17.7 Å². The van der Waals surface area contributed by atoms with Crippen molar-refractivity contribution in [3.63, 3.8) is 0 Å². The Hall–Kier alpha value is -2.13. The van der Waals surface area contributed by atoms with E-state index >= 15 is 0 Å². The normalized spacial score (nSPS) is 10.8. The molecule has 0 aliphatic heterocycles. The number of rotatable bonds is 8. The number of hydrogen-bond donors (Lipinski definition) is 1. The number of hydrogen-bond acceptors (Lipinski definition) is 7. The van der Waals surface area contributed by atoms with Crippen molar-refractivity contribution in [1.29, 1.82) is 0 Å². The van der Waals surface area contributed by atoms with E-state index in [9.17, 15) is 10.1 Å². The lowest BCUT2D eigenvalue weighted by atomic mass is 10.2. The first kappa shape index (κ1) is 17.2. The first-order valence-corrected chi connectivity index (χ1v) is 9.07. The fourth-order valence-electron chi connectivity index (χ4n) is 1.53. The summed E-state index contributed by atoms with van der Waals surface area (Å²) in [5.74, 6) is 0.678. The molecular formula is C14H15N5O2S2. The van der Waals surface area contributed by atoms with Crippen LogP contribution in [0.25, 0.3) is 0 Å². The van der Waals surface area contributed by atoms with Gasteiger partial charge in [0, 0.05) is 18.0 Å². The van der Waals surface area contributed by atoms with Crippen LogP contribution >= 0.6 is 21.6 Å². The van der Waals surface area contributed by atoms with Gasteiger partial charge in [0.25, 0.3) is 0 Å². The fraction of sp³-hybridized carbons (Fsp3) is 0.214. The summed E-state index contributed by atoms with van der Waals surface area (Å²) in [4.78, 5) is 14.4. The molecule has 0 aliphatic carbocycles. The minimum Gasteiger partial charge on any atom is -0.260 e. The van der Waals surface area contributed by atoms with E-state index in [1.165, 1.54) is 33.2 Å². The number of aromatic nitrogens is 1. The Balaban J connectivity index is 1.69. The van der Waals surface area contributed by atoms with Crippen molar-refractivity contribution in [2.45, 2.75) is 11.9 Å². The number of nitrogens with zero attached hydrogens (tertiary/aromatic N) is 4. The van der Waals surface area contributed by atoms with Crippen LogP contribution in [-0.2, 0) is 0 Å². The lowest BCUT2D eigenvalue weighted by Crippen LogP contribution is -1.92. The molecule has 1 N–H and O–H groups in total. The van der Waals surface area contributed by atoms with Gasteiger partial charge in [-0.3, -0.25) is 15.5 Å². The minimum absolute atomic E-state index is 0.0210. The summed E-state index contributed by atoms with van der Waals surface area (Å²) in [6.07, 6.45) is 1.54. The van der Waals surface area contributed by atoms with Gasteiger partial charge in [0.05, 0.1) is 17.2 Å². The van der Waals surface area contributed by atoms with Gasteiger partial charge in [0.15, 0.2) is 5.03 Å². The largest absolute Gasteiger partial charge is 0.302 e. The highest BCUT2D eigenvalue weighted by Gasteiger charge is 2.14.